The summed E-state index contributed by atoms with van der Waals surface area (Å²) in [5.74, 6) is 1.07. The molecule has 0 radical (unpaired) electrons. The standard InChI is InChI=1S/C18H19BrN2O3/c1-12-5-4-6-15(9-12)24-13(2)18(22)21-20-11-14-7-8-17(23-3)16(19)10-14/h4-11,13H,1-3H3,(H,21,22). The van der Waals surface area contributed by atoms with Crippen LogP contribution in [0.15, 0.2) is 52.0 Å². The molecule has 1 atom stereocenters. The molecule has 0 spiro atoms. The number of ether oxygens (including phenoxy) is 2. The van der Waals surface area contributed by atoms with Gasteiger partial charge in [0.1, 0.15) is 11.5 Å². The van der Waals surface area contributed by atoms with E-state index in [1.54, 1.807) is 20.2 Å². The number of halogens is 1. The number of amides is 1. The maximum atomic E-state index is 12.0. The summed E-state index contributed by atoms with van der Waals surface area (Å²) in [6, 6.07) is 13.0. The van der Waals surface area contributed by atoms with E-state index in [2.05, 4.69) is 26.5 Å². The molecule has 1 unspecified atom stereocenters. The van der Waals surface area contributed by atoms with Crippen LogP contribution in [-0.2, 0) is 4.79 Å². The maximum absolute atomic E-state index is 12.0. The molecular formula is C18H19BrN2O3. The number of hydrazone groups is 1. The number of rotatable bonds is 6. The van der Waals surface area contributed by atoms with Crippen molar-refractivity contribution in [2.24, 2.45) is 5.10 Å². The zero-order valence-corrected chi connectivity index (χ0v) is 15.3. The average Bonchev–Trinajstić information content (AvgIpc) is 2.55. The van der Waals surface area contributed by atoms with Crippen LogP contribution in [0.5, 0.6) is 11.5 Å². The highest BCUT2D eigenvalue weighted by atomic mass is 79.9. The topological polar surface area (TPSA) is 59.9 Å². The Kier molecular flexibility index (Phi) is 6.37. The minimum absolute atomic E-state index is 0.319. The Labute approximate surface area is 149 Å². The Morgan fingerprint density at radius 1 is 1.29 bits per heavy atom. The van der Waals surface area contributed by atoms with Crippen LogP contribution < -0.4 is 14.9 Å². The van der Waals surface area contributed by atoms with Gasteiger partial charge in [-0.25, -0.2) is 5.43 Å². The molecule has 0 aliphatic carbocycles. The molecule has 2 aromatic carbocycles. The third-order valence-corrected chi connectivity index (χ3v) is 3.86. The van der Waals surface area contributed by atoms with Crippen molar-refractivity contribution in [2.45, 2.75) is 20.0 Å². The van der Waals surface area contributed by atoms with Crippen LogP contribution in [0.2, 0.25) is 0 Å². The van der Waals surface area contributed by atoms with Gasteiger partial charge in [-0.15, -0.1) is 0 Å². The SMILES string of the molecule is COc1ccc(C=NNC(=O)C(C)Oc2cccc(C)c2)cc1Br. The van der Waals surface area contributed by atoms with Gasteiger partial charge in [0, 0.05) is 0 Å². The Morgan fingerprint density at radius 2 is 2.08 bits per heavy atom. The molecule has 2 aromatic rings. The Bertz CT molecular complexity index is 747. The van der Waals surface area contributed by atoms with Gasteiger partial charge >= 0.3 is 0 Å². The van der Waals surface area contributed by atoms with Gasteiger partial charge in [0.05, 0.1) is 17.8 Å². The largest absolute Gasteiger partial charge is 0.496 e. The van der Waals surface area contributed by atoms with Gasteiger partial charge in [-0.05, 0) is 71.2 Å². The lowest BCUT2D eigenvalue weighted by atomic mass is 10.2. The predicted molar refractivity (Wildman–Crippen MR) is 97.7 cm³/mol. The lowest BCUT2D eigenvalue weighted by molar-refractivity contribution is -0.127. The molecule has 0 aliphatic rings. The predicted octanol–water partition coefficient (Wildman–Crippen LogP) is 3.68. The van der Waals surface area contributed by atoms with Crippen molar-refractivity contribution < 1.29 is 14.3 Å². The summed E-state index contributed by atoms with van der Waals surface area (Å²) in [5, 5.41) is 3.95. The number of nitrogens with one attached hydrogen (secondary N) is 1. The highest BCUT2D eigenvalue weighted by molar-refractivity contribution is 9.10. The number of benzene rings is 2. The van der Waals surface area contributed by atoms with Crippen molar-refractivity contribution in [1.82, 2.24) is 5.43 Å². The van der Waals surface area contributed by atoms with Crippen LogP contribution in [0, 0.1) is 6.92 Å². The normalized spacial score (nSPS) is 12.0. The summed E-state index contributed by atoms with van der Waals surface area (Å²) in [4.78, 5) is 12.0. The quantitative estimate of drug-likeness (QED) is 0.604. The van der Waals surface area contributed by atoms with Crippen molar-refractivity contribution in [3.8, 4) is 11.5 Å². The van der Waals surface area contributed by atoms with Gasteiger partial charge < -0.3 is 9.47 Å². The van der Waals surface area contributed by atoms with Gasteiger partial charge in [0.25, 0.3) is 5.91 Å². The molecule has 0 fully saturated rings. The summed E-state index contributed by atoms with van der Waals surface area (Å²) in [5.41, 5.74) is 4.37. The number of hydrogen-bond acceptors (Lipinski definition) is 4. The summed E-state index contributed by atoms with van der Waals surface area (Å²) >= 11 is 3.40. The zero-order chi connectivity index (χ0) is 17.5. The number of carbonyl (C=O) groups excluding carboxylic acids is 1. The first kappa shape index (κ1) is 18.0. The summed E-state index contributed by atoms with van der Waals surface area (Å²) < 4.78 is 11.6. The van der Waals surface area contributed by atoms with Gasteiger partial charge in [-0.1, -0.05) is 12.1 Å². The smallest absolute Gasteiger partial charge is 0.280 e. The third kappa shape index (κ3) is 5.09. The third-order valence-electron chi connectivity index (χ3n) is 3.24. The van der Waals surface area contributed by atoms with E-state index in [9.17, 15) is 4.79 Å². The van der Waals surface area contributed by atoms with E-state index in [0.717, 1.165) is 21.3 Å². The number of nitrogens with zero attached hydrogens (tertiary/aromatic N) is 1. The monoisotopic (exact) mass is 390 g/mol. The molecule has 6 heteroatoms. The molecule has 0 aliphatic heterocycles. The lowest BCUT2D eigenvalue weighted by Crippen LogP contribution is -2.33. The summed E-state index contributed by atoms with van der Waals surface area (Å²) in [6.45, 7) is 3.64. The fraction of sp³-hybridized carbons (Fsp3) is 0.222. The second-order valence-electron chi connectivity index (χ2n) is 5.20. The van der Waals surface area contributed by atoms with Gasteiger partial charge in [0.15, 0.2) is 6.10 Å². The molecule has 5 nitrogen and oxygen atoms in total. The first-order valence-electron chi connectivity index (χ1n) is 7.39. The summed E-state index contributed by atoms with van der Waals surface area (Å²) in [7, 11) is 1.60. The molecule has 2 rings (SSSR count). The van der Waals surface area contributed by atoms with Gasteiger partial charge in [-0.3, -0.25) is 4.79 Å². The zero-order valence-electron chi connectivity index (χ0n) is 13.7. The van der Waals surface area contributed by atoms with Crippen LogP contribution in [0.4, 0.5) is 0 Å². The Hall–Kier alpha value is -2.34. The van der Waals surface area contributed by atoms with Crippen molar-refractivity contribution in [1.29, 1.82) is 0 Å². The molecule has 0 heterocycles. The molecule has 0 bridgehead atoms. The van der Waals surface area contributed by atoms with Gasteiger partial charge in [0.2, 0.25) is 0 Å². The molecule has 24 heavy (non-hydrogen) atoms. The van der Waals surface area contributed by atoms with Crippen molar-refractivity contribution >= 4 is 28.1 Å². The minimum atomic E-state index is -0.647. The van der Waals surface area contributed by atoms with Crippen LogP contribution in [0.1, 0.15) is 18.1 Å². The lowest BCUT2D eigenvalue weighted by Gasteiger charge is -2.13. The van der Waals surface area contributed by atoms with Crippen molar-refractivity contribution in [2.75, 3.05) is 7.11 Å². The fourth-order valence-corrected chi connectivity index (χ4v) is 2.53. The highest BCUT2D eigenvalue weighted by Crippen LogP contribution is 2.24. The maximum Gasteiger partial charge on any atom is 0.280 e. The molecule has 126 valence electrons. The number of hydrogen-bond donors (Lipinski definition) is 1. The average molecular weight is 391 g/mol. The van der Waals surface area contributed by atoms with E-state index in [1.807, 2.05) is 49.4 Å². The first-order valence-corrected chi connectivity index (χ1v) is 8.18. The Balaban J connectivity index is 1.91. The molecule has 1 amide bonds. The summed E-state index contributed by atoms with van der Waals surface area (Å²) in [6.07, 6.45) is 0.910. The molecular weight excluding hydrogens is 372 g/mol. The molecule has 0 saturated carbocycles. The number of methoxy groups -OCH3 is 1. The van der Waals surface area contributed by atoms with E-state index in [1.165, 1.54) is 0 Å². The van der Waals surface area contributed by atoms with Crippen molar-refractivity contribution in [3.05, 3.63) is 58.1 Å². The van der Waals surface area contributed by atoms with E-state index in [4.69, 9.17) is 9.47 Å². The van der Waals surface area contributed by atoms with Crippen LogP contribution >= 0.6 is 15.9 Å². The van der Waals surface area contributed by atoms with Gasteiger partial charge in [-0.2, -0.15) is 5.10 Å². The van der Waals surface area contributed by atoms with E-state index >= 15 is 0 Å². The molecule has 0 saturated heterocycles. The fourth-order valence-electron chi connectivity index (χ4n) is 1.97. The van der Waals surface area contributed by atoms with E-state index < -0.39 is 6.10 Å². The van der Waals surface area contributed by atoms with Crippen molar-refractivity contribution in [3.63, 3.8) is 0 Å². The second kappa shape index (κ2) is 8.49. The van der Waals surface area contributed by atoms with Crippen LogP contribution in [0.3, 0.4) is 0 Å². The second-order valence-corrected chi connectivity index (χ2v) is 6.06. The first-order chi connectivity index (χ1) is 11.5. The molecule has 1 N–H and O–H groups in total. The minimum Gasteiger partial charge on any atom is -0.496 e. The van der Waals surface area contributed by atoms with Crippen LogP contribution in [0.25, 0.3) is 0 Å². The highest BCUT2D eigenvalue weighted by Gasteiger charge is 2.13. The number of carbonyl (C=O) groups is 1. The van der Waals surface area contributed by atoms with E-state index in [-0.39, 0.29) is 5.91 Å². The molecule has 0 aromatic heterocycles. The number of aryl methyl sites for hydroxylation is 1. The van der Waals surface area contributed by atoms with Crippen LogP contribution in [-0.4, -0.2) is 25.3 Å². The van der Waals surface area contributed by atoms with E-state index in [0.29, 0.717) is 5.75 Å². The Morgan fingerprint density at radius 3 is 2.75 bits per heavy atom.